The number of benzene rings is 1. The van der Waals surface area contributed by atoms with Gasteiger partial charge >= 0.3 is 5.97 Å². The van der Waals surface area contributed by atoms with Gasteiger partial charge in [0, 0.05) is 0 Å². The number of aryl methyl sites for hydroxylation is 2. The molecule has 2 heteroatoms. The first-order chi connectivity index (χ1) is 8.94. The van der Waals surface area contributed by atoms with Gasteiger partial charge in [-0.05, 0) is 63.1 Å². The van der Waals surface area contributed by atoms with Crippen LogP contribution in [0.2, 0.25) is 0 Å². The Bertz CT molecular complexity index is 474. The molecule has 19 heavy (non-hydrogen) atoms. The summed E-state index contributed by atoms with van der Waals surface area (Å²) in [5.41, 5.74) is 3.59. The molecule has 1 aliphatic carbocycles. The first kappa shape index (κ1) is 14.1. The summed E-state index contributed by atoms with van der Waals surface area (Å²) in [6, 6.07) is 6.49. The van der Waals surface area contributed by atoms with Crippen molar-refractivity contribution in [2.75, 3.05) is 0 Å². The molecule has 0 heterocycles. The number of carbonyl (C=O) groups is 1. The number of carbonyl (C=O) groups excluding carboxylic acids is 1. The van der Waals surface area contributed by atoms with E-state index in [1.807, 2.05) is 27.7 Å². The molecule has 0 saturated carbocycles. The van der Waals surface area contributed by atoms with Crippen LogP contribution in [0.3, 0.4) is 0 Å². The van der Waals surface area contributed by atoms with Crippen molar-refractivity contribution in [3.05, 3.63) is 34.9 Å². The summed E-state index contributed by atoms with van der Waals surface area (Å²) in [4.78, 5) is 12.1. The van der Waals surface area contributed by atoms with Gasteiger partial charge in [0.05, 0.1) is 5.41 Å². The summed E-state index contributed by atoms with van der Waals surface area (Å²) >= 11 is 0. The second-order valence-corrected chi connectivity index (χ2v) is 6.17. The quantitative estimate of drug-likeness (QED) is 0.758. The molecule has 0 aromatic heterocycles. The molecule has 1 atom stereocenters. The summed E-state index contributed by atoms with van der Waals surface area (Å²) in [5, 5.41) is 0. The third-order valence-corrected chi connectivity index (χ3v) is 4.31. The average molecular weight is 260 g/mol. The first-order valence-electron chi connectivity index (χ1n) is 7.27. The predicted octanol–water partition coefficient (Wildman–Crippen LogP) is 4.22. The second kappa shape index (κ2) is 5.36. The number of esters is 1. The van der Waals surface area contributed by atoms with Crippen LogP contribution in [0.4, 0.5) is 0 Å². The van der Waals surface area contributed by atoms with E-state index in [1.165, 1.54) is 24.0 Å². The SMILES string of the molecule is CCC(C)(C)C(=O)OC(C)c1ccc2c(c1)CCC2. The van der Waals surface area contributed by atoms with Crippen LogP contribution < -0.4 is 0 Å². The smallest absolute Gasteiger partial charge is 0.312 e. The fourth-order valence-electron chi connectivity index (χ4n) is 2.38. The van der Waals surface area contributed by atoms with Gasteiger partial charge in [0.2, 0.25) is 0 Å². The lowest BCUT2D eigenvalue weighted by atomic mass is 9.90. The van der Waals surface area contributed by atoms with Crippen molar-refractivity contribution in [1.29, 1.82) is 0 Å². The molecule has 1 aliphatic rings. The highest BCUT2D eigenvalue weighted by Gasteiger charge is 2.29. The lowest BCUT2D eigenvalue weighted by Gasteiger charge is -2.24. The zero-order valence-electron chi connectivity index (χ0n) is 12.5. The Balaban J connectivity index is 2.08. The van der Waals surface area contributed by atoms with Gasteiger partial charge in [-0.1, -0.05) is 25.1 Å². The van der Waals surface area contributed by atoms with Crippen LogP contribution >= 0.6 is 0 Å². The predicted molar refractivity (Wildman–Crippen MR) is 77.0 cm³/mol. The molecular weight excluding hydrogens is 236 g/mol. The monoisotopic (exact) mass is 260 g/mol. The van der Waals surface area contributed by atoms with E-state index in [-0.39, 0.29) is 12.1 Å². The van der Waals surface area contributed by atoms with Crippen LogP contribution in [0.5, 0.6) is 0 Å². The van der Waals surface area contributed by atoms with Gasteiger partial charge in [0.15, 0.2) is 0 Å². The molecule has 0 aliphatic heterocycles. The highest BCUT2D eigenvalue weighted by atomic mass is 16.5. The largest absolute Gasteiger partial charge is 0.457 e. The van der Waals surface area contributed by atoms with Crippen LogP contribution in [0.1, 0.15) is 63.3 Å². The Morgan fingerprint density at radius 3 is 2.68 bits per heavy atom. The molecule has 1 aromatic carbocycles. The molecule has 1 aromatic rings. The van der Waals surface area contributed by atoms with Gasteiger partial charge in [0.1, 0.15) is 6.10 Å². The third-order valence-electron chi connectivity index (χ3n) is 4.31. The number of fused-ring (bicyclic) bond motifs is 1. The minimum atomic E-state index is -0.398. The Labute approximate surface area is 116 Å². The van der Waals surface area contributed by atoms with Crippen LogP contribution in [0.25, 0.3) is 0 Å². The summed E-state index contributed by atoms with van der Waals surface area (Å²) in [7, 11) is 0. The highest BCUT2D eigenvalue weighted by Crippen LogP contribution is 2.29. The fourth-order valence-corrected chi connectivity index (χ4v) is 2.38. The Hall–Kier alpha value is -1.31. The van der Waals surface area contributed by atoms with Crippen LogP contribution in [0, 0.1) is 5.41 Å². The van der Waals surface area contributed by atoms with Gasteiger partial charge in [-0.25, -0.2) is 0 Å². The zero-order chi connectivity index (χ0) is 14.0. The Morgan fingerprint density at radius 1 is 1.32 bits per heavy atom. The standard InChI is InChI=1S/C17H24O2/c1-5-17(3,4)16(18)19-12(2)14-10-9-13-7-6-8-15(13)11-14/h9-12H,5-8H2,1-4H3. The average Bonchev–Trinajstić information content (AvgIpc) is 2.85. The van der Waals surface area contributed by atoms with Crippen LogP contribution in [-0.2, 0) is 22.4 Å². The lowest BCUT2D eigenvalue weighted by molar-refractivity contribution is -0.159. The summed E-state index contributed by atoms with van der Waals surface area (Å²) in [5.74, 6) is -0.108. The van der Waals surface area contributed by atoms with Crippen molar-refractivity contribution >= 4 is 5.97 Å². The maximum atomic E-state index is 12.1. The molecule has 1 unspecified atom stereocenters. The molecule has 0 saturated heterocycles. The topological polar surface area (TPSA) is 26.3 Å². The number of ether oxygens (including phenoxy) is 1. The van der Waals surface area contributed by atoms with E-state index >= 15 is 0 Å². The minimum absolute atomic E-state index is 0.108. The van der Waals surface area contributed by atoms with Crippen molar-refractivity contribution in [2.24, 2.45) is 5.41 Å². The third kappa shape index (κ3) is 2.99. The summed E-state index contributed by atoms with van der Waals surface area (Å²) in [6.07, 6.45) is 4.22. The highest BCUT2D eigenvalue weighted by molar-refractivity contribution is 5.76. The molecule has 0 fully saturated rings. The fraction of sp³-hybridized carbons (Fsp3) is 0.588. The van der Waals surface area contributed by atoms with Crippen molar-refractivity contribution in [3.8, 4) is 0 Å². The maximum Gasteiger partial charge on any atom is 0.312 e. The minimum Gasteiger partial charge on any atom is -0.457 e. The van der Waals surface area contributed by atoms with Gasteiger partial charge in [-0.15, -0.1) is 0 Å². The van der Waals surface area contributed by atoms with E-state index in [0.29, 0.717) is 0 Å². The van der Waals surface area contributed by atoms with Gasteiger partial charge in [0.25, 0.3) is 0 Å². The van der Waals surface area contributed by atoms with Crippen LogP contribution in [-0.4, -0.2) is 5.97 Å². The van der Waals surface area contributed by atoms with Crippen LogP contribution in [0.15, 0.2) is 18.2 Å². The van der Waals surface area contributed by atoms with E-state index in [4.69, 9.17) is 4.74 Å². The van der Waals surface area contributed by atoms with Crippen molar-refractivity contribution < 1.29 is 9.53 Å². The molecule has 0 N–H and O–H groups in total. The van der Waals surface area contributed by atoms with Crippen molar-refractivity contribution in [1.82, 2.24) is 0 Å². The molecule has 2 rings (SSSR count). The number of rotatable bonds is 4. The van der Waals surface area contributed by atoms with Gasteiger partial charge in [-0.2, -0.15) is 0 Å². The number of hydrogen-bond donors (Lipinski definition) is 0. The van der Waals surface area contributed by atoms with Crippen molar-refractivity contribution in [3.63, 3.8) is 0 Å². The lowest BCUT2D eigenvalue weighted by Crippen LogP contribution is -2.26. The molecule has 0 radical (unpaired) electrons. The zero-order valence-corrected chi connectivity index (χ0v) is 12.5. The molecule has 104 valence electrons. The Kier molecular flexibility index (Phi) is 3.98. The van der Waals surface area contributed by atoms with Gasteiger partial charge < -0.3 is 4.74 Å². The van der Waals surface area contributed by atoms with E-state index in [0.717, 1.165) is 18.4 Å². The normalized spacial score (nSPS) is 16.0. The maximum absolute atomic E-state index is 12.1. The Morgan fingerprint density at radius 2 is 2.00 bits per heavy atom. The molecule has 0 bridgehead atoms. The second-order valence-electron chi connectivity index (χ2n) is 6.17. The molecule has 2 nitrogen and oxygen atoms in total. The molecule has 0 spiro atoms. The van der Waals surface area contributed by atoms with Gasteiger partial charge in [-0.3, -0.25) is 4.79 Å². The van der Waals surface area contributed by atoms with E-state index in [2.05, 4.69) is 18.2 Å². The first-order valence-corrected chi connectivity index (χ1v) is 7.27. The van der Waals surface area contributed by atoms with E-state index in [1.54, 1.807) is 0 Å². The van der Waals surface area contributed by atoms with E-state index < -0.39 is 5.41 Å². The molecule has 0 amide bonds. The number of hydrogen-bond acceptors (Lipinski definition) is 2. The van der Waals surface area contributed by atoms with Crippen molar-refractivity contribution in [2.45, 2.75) is 59.5 Å². The molecular formula is C17H24O2. The van der Waals surface area contributed by atoms with E-state index in [9.17, 15) is 4.79 Å². The summed E-state index contributed by atoms with van der Waals surface area (Å²) < 4.78 is 5.61. The summed E-state index contributed by atoms with van der Waals surface area (Å²) in [6.45, 7) is 7.84.